The quantitative estimate of drug-likeness (QED) is 0.516. The first-order chi connectivity index (χ1) is 16.4. The molecule has 2 aromatic carbocycles. The molecule has 1 N–H and O–H groups in total. The number of carboxylic acid groups (broad SMARTS) is 1. The van der Waals surface area contributed by atoms with E-state index in [4.69, 9.17) is 4.74 Å². The molecule has 1 aliphatic heterocycles. The molecule has 1 aliphatic rings. The highest BCUT2D eigenvalue weighted by Gasteiger charge is 2.54. The van der Waals surface area contributed by atoms with Gasteiger partial charge in [0.05, 0.1) is 35.2 Å². The highest BCUT2D eigenvalue weighted by atomic mass is 32.2. The molecule has 1 aromatic heterocycles. The molecule has 0 saturated carbocycles. The Balaban J connectivity index is 1.75. The Morgan fingerprint density at radius 3 is 2.49 bits per heavy atom. The number of sulfonamides is 1. The van der Waals surface area contributed by atoms with Gasteiger partial charge in [-0.1, -0.05) is 12.1 Å². The van der Waals surface area contributed by atoms with E-state index in [0.717, 1.165) is 5.56 Å². The smallest absolute Gasteiger partial charge is 0.405 e. The van der Waals surface area contributed by atoms with E-state index in [1.54, 1.807) is 32.0 Å². The highest BCUT2D eigenvalue weighted by molar-refractivity contribution is 7.89. The first-order valence-electron chi connectivity index (χ1n) is 10.9. The number of carboxylic acids is 1. The Morgan fingerprint density at radius 2 is 1.89 bits per heavy atom. The number of ether oxygens (including phenoxy) is 1. The summed E-state index contributed by atoms with van der Waals surface area (Å²) in [5, 5.41) is 14.1. The molecule has 35 heavy (non-hydrogen) atoms. The second kappa shape index (κ2) is 9.15. The average Bonchev–Trinajstić information content (AvgIpc) is 3.36. The molecular formula is C23H24F3N3O5S. The number of halogens is 3. The summed E-state index contributed by atoms with van der Waals surface area (Å²) in [4.78, 5) is 11.0. The Kier molecular flexibility index (Phi) is 6.54. The third-order valence-electron chi connectivity index (χ3n) is 5.96. The molecule has 0 unspecified atom stereocenters. The number of hydrogen-bond acceptors (Lipinski definition) is 5. The zero-order valence-corrected chi connectivity index (χ0v) is 19.8. The predicted molar refractivity (Wildman–Crippen MR) is 121 cm³/mol. The molecule has 1 fully saturated rings. The molecular weight excluding hydrogens is 487 g/mol. The van der Waals surface area contributed by atoms with Crippen LogP contribution in [0.4, 0.5) is 13.2 Å². The van der Waals surface area contributed by atoms with Crippen molar-refractivity contribution >= 4 is 26.9 Å². The van der Waals surface area contributed by atoms with Crippen LogP contribution in [0.1, 0.15) is 30.6 Å². The monoisotopic (exact) mass is 511 g/mol. The van der Waals surface area contributed by atoms with Crippen molar-refractivity contribution in [2.24, 2.45) is 0 Å². The molecule has 8 nitrogen and oxygen atoms in total. The summed E-state index contributed by atoms with van der Waals surface area (Å²) in [5.74, 6) is -0.723. The Labute approximate surface area is 200 Å². The summed E-state index contributed by atoms with van der Waals surface area (Å²) in [7, 11) is -4.49. The van der Waals surface area contributed by atoms with Crippen molar-refractivity contribution < 1.29 is 36.2 Å². The van der Waals surface area contributed by atoms with Gasteiger partial charge in [0.15, 0.2) is 0 Å². The van der Waals surface area contributed by atoms with Gasteiger partial charge in [-0.15, -0.1) is 0 Å². The van der Waals surface area contributed by atoms with Gasteiger partial charge in [-0.3, -0.25) is 9.48 Å². The molecule has 0 aliphatic carbocycles. The number of carbonyl (C=O) groups is 1. The van der Waals surface area contributed by atoms with Gasteiger partial charge >= 0.3 is 12.1 Å². The van der Waals surface area contributed by atoms with Gasteiger partial charge in [0, 0.05) is 11.9 Å². The fourth-order valence-corrected chi connectivity index (χ4v) is 6.06. The number of alkyl halides is 3. The highest BCUT2D eigenvalue weighted by Crippen LogP contribution is 2.41. The third kappa shape index (κ3) is 4.85. The van der Waals surface area contributed by atoms with Crippen molar-refractivity contribution in [2.45, 2.75) is 49.8 Å². The van der Waals surface area contributed by atoms with Crippen LogP contribution < -0.4 is 4.74 Å². The fourth-order valence-electron chi connectivity index (χ4n) is 4.40. The molecule has 0 amide bonds. The number of benzene rings is 2. The molecule has 4 rings (SSSR count). The van der Waals surface area contributed by atoms with Crippen molar-refractivity contribution in [3.63, 3.8) is 0 Å². The lowest BCUT2D eigenvalue weighted by atomic mass is 10.1. The van der Waals surface area contributed by atoms with Crippen LogP contribution in [0, 0.1) is 6.92 Å². The number of hydrogen-bond donors (Lipinski definition) is 1. The molecule has 0 radical (unpaired) electrons. The van der Waals surface area contributed by atoms with E-state index in [-0.39, 0.29) is 10.6 Å². The number of aryl methyl sites for hydroxylation is 1. The van der Waals surface area contributed by atoms with Crippen molar-refractivity contribution in [1.29, 1.82) is 0 Å². The van der Waals surface area contributed by atoms with Crippen molar-refractivity contribution in [3.8, 4) is 5.75 Å². The van der Waals surface area contributed by atoms with Crippen molar-refractivity contribution in [3.05, 3.63) is 53.7 Å². The first kappa shape index (κ1) is 25.0. The van der Waals surface area contributed by atoms with Gasteiger partial charge in [0.25, 0.3) is 0 Å². The van der Waals surface area contributed by atoms with E-state index in [0.29, 0.717) is 27.6 Å². The Morgan fingerprint density at radius 1 is 1.20 bits per heavy atom. The number of rotatable bonds is 7. The Hall–Kier alpha value is -3.12. The molecule has 3 aromatic rings. The SMILES string of the molecule is CCOc1ccc(S(=O)(=O)N2C[C@H](n3nc(CC(=O)O)c4ccc(C)cc43)C[C@H]2C(F)(F)F)cc1. The number of fused-ring (bicyclic) bond motifs is 1. The number of nitrogens with zero attached hydrogens (tertiary/aromatic N) is 3. The van der Waals surface area contributed by atoms with Crippen LogP contribution in [-0.2, 0) is 21.2 Å². The second-order valence-corrected chi connectivity index (χ2v) is 10.3. The summed E-state index contributed by atoms with van der Waals surface area (Å²) in [6.45, 7) is 3.45. The number of aromatic nitrogens is 2. The maximum atomic E-state index is 14.0. The minimum Gasteiger partial charge on any atom is -0.494 e. The summed E-state index contributed by atoms with van der Waals surface area (Å²) < 4.78 is 75.8. The minimum absolute atomic E-state index is 0.212. The van der Waals surface area contributed by atoms with Crippen LogP contribution >= 0.6 is 0 Å². The Bertz CT molecular complexity index is 1350. The number of aliphatic carboxylic acids is 1. The predicted octanol–water partition coefficient (Wildman–Crippen LogP) is 3.94. The second-order valence-electron chi connectivity index (χ2n) is 8.41. The van der Waals surface area contributed by atoms with Crippen LogP contribution in [0.25, 0.3) is 10.9 Å². The van der Waals surface area contributed by atoms with Gasteiger partial charge in [-0.05, 0) is 56.2 Å². The van der Waals surface area contributed by atoms with Crippen molar-refractivity contribution in [2.75, 3.05) is 13.2 Å². The molecule has 2 heterocycles. The van der Waals surface area contributed by atoms with E-state index in [1.807, 2.05) is 0 Å². The van der Waals surface area contributed by atoms with Gasteiger partial charge in [0.1, 0.15) is 11.8 Å². The fraction of sp³-hybridized carbons (Fsp3) is 0.391. The maximum Gasteiger partial charge on any atom is 0.405 e. The zero-order chi connectivity index (χ0) is 25.5. The molecule has 188 valence electrons. The minimum atomic E-state index is -4.81. The standard InChI is InChI=1S/C23H24F3N3O5S/c1-3-34-16-5-7-17(8-6-16)35(32,33)28-13-15(11-21(28)23(24,25)26)29-20-10-14(2)4-9-18(20)19(27-29)12-22(30)31/h4-10,15,21H,3,11-13H2,1-2H3,(H,30,31)/t15-,21+/m1/s1. The van der Waals surface area contributed by atoms with E-state index >= 15 is 0 Å². The zero-order valence-electron chi connectivity index (χ0n) is 19.0. The van der Waals surface area contributed by atoms with E-state index < -0.39 is 53.6 Å². The van der Waals surface area contributed by atoms with E-state index in [9.17, 15) is 31.5 Å². The third-order valence-corrected chi connectivity index (χ3v) is 7.85. The molecule has 12 heteroatoms. The van der Waals surface area contributed by atoms with Crippen LogP contribution in [0.15, 0.2) is 47.4 Å². The van der Waals surface area contributed by atoms with Crippen LogP contribution in [0.5, 0.6) is 5.75 Å². The molecule has 0 bridgehead atoms. The maximum absolute atomic E-state index is 14.0. The van der Waals surface area contributed by atoms with Crippen LogP contribution in [0.3, 0.4) is 0 Å². The molecule has 0 spiro atoms. The summed E-state index contributed by atoms with van der Waals surface area (Å²) in [5.41, 5.74) is 1.49. The largest absolute Gasteiger partial charge is 0.494 e. The average molecular weight is 512 g/mol. The molecule has 2 atom stereocenters. The lowest BCUT2D eigenvalue weighted by Crippen LogP contribution is -2.44. The van der Waals surface area contributed by atoms with Gasteiger partial charge in [0.2, 0.25) is 10.0 Å². The van der Waals surface area contributed by atoms with Crippen LogP contribution in [-0.4, -0.2) is 58.9 Å². The van der Waals surface area contributed by atoms with Gasteiger partial charge < -0.3 is 9.84 Å². The summed E-state index contributed by atoms with van der Waals surface area (Å²) in [6.07, 6.45) is -5.76. The first-order valence-corrected chi connectivity index (χ1v) is 12.4. The summed E-state index contributed by atoms with van der Waals surface area (Å²) >= 11 is 0. The lowest BCUT2D eigenvalue weighted by molar-refractivity contribution is -0.165. The van der Waals surface area contributed by atoms with Gasteiger partial charge in [-0.2, -0.15) is 22.6 Å². The van der Waals surface area contributed by atoms with Crippen molar-refractivity contribution in [1.82, 2.24) is 14.1 Å². The normalized spacial score (nSPS) is 19.3. The summed E-state index contributed by atoms with van der Waals surface area (Å²) in [6, 6.07) is 7.19. The van der Waals surface area contributed by atoms with Crippen LogP contribution in [0.2, 0.25) is 0 Å². The topological polar surface area (TPSA) is 102 Å². The van der Waals surface area contributed by atoms with Gasteiger partial charge in [-0.25, -0.2) is 8.42 Å². The lowest BCUT2D eigenvalue weighted by Gasteiger charge is -2.25. The van der Waals surface area contributed by atoms with E-state index in [1.165, 1.54) is 28.9 Å². The van der Waals surface area contributed by atoms with E-state index in [2.05, 4.69) is 5.10 Å². The molecule has 1 saturated heterocycles.